The second-order valence-corrected chi connectivity index (χ2v) is 6.64. The monoisotopic (exact) mass is 328 g/mol. The van der Waals surface area contributed by atoms with Gasteiger partial charge in [-0.15, -0.1) is 0 Å². The number of benzene rings is 2. The van der Waals surface area contributed by atoms with Crippen molar-refractivity contribution in [3.8, 4) is 12.1 Å². The molecule has 0 spiro atoms. The molecule has 2 unspecified atom stereocenters. The van der Waals surface area contributed by atoms with Gasteiger partial charge in [0.25, 0.3) is 0 Å². The molecule has 1 aliphatic carbocycles. The van der Waals surface area contributed by atoms with Crippen LogP contribution in [0.3, 0.4) is 0 Å². The predicted octanol–water partition coefficient (Wildman–Crippen LogP) is 3.83. The minimum absolute atomic E-state index is 0.218. The van der Waals surface area contributed by atoms with Gasteiger partial charge in [-0.3, -0.25) is 0 Å². The summed E-state index contributed by atoms with van der Waals surface area (Å²) in [6.45, 7) is 0. The quantitative estimate of drug-likeness (QED) is 0.746. The van der Waals surface area contributed by atoms with E-state index in [1.807, 2.05) is 24.3 Å². The third-order valence-corrected chi connectivity index (χ3v) is 5.47. The summed E-state index contributed by atoms with van der Waals surface area (Å²) in [6.07, 6.45) is 3.48. The lowest BCUT2D eigenvalue weighted by Gasteiger charge is -2.47. The first-order valence-electron chi connectivity index (χ1n) is 8.46. The van der Waals surface area contributed by atoms with E-state index < -0.39 is 11.4 Å². The maximum atomic E-state index is 12.6. The van der Waals surface area contributed by atoms with Crippen LogP contribution in [0.1, 0.15) is 58.3 Å². The van der Waals surface area contributed by atoms with E-state index in [0.717, 1.165) is 36.8 Å². The number of nitrogens with zero attached hydrogens (tertiary/aromatic N) is 2. The van der Waals surface area contributed by atoms with Crippen molar-refractivity contribution >= 4 is 5.97 Å². The minimum atomic E-state index is -0.442. The molecular formula is C21H16N2O2. The topological polar surface area (TPSA) is 73.9 Å². The fourth-order valence-corrected chi connectivity index (χ4v) is 4.35. The molecule has 25 heavy (non-hydrogen) atoms. The molecule has 1 aliphatic heterocycles. The van der Waals surface area contributed by atoms with Crippen LogP contribution in [0.2, 0.25) is 0 Å². The molecule has 4 nitrogen and oxygen atoms in total. The lowest BCUT2D eigenvalue weighted by Crippen LogP contribution is -2.50. The Labute approximate surface area is 146 Å². The van der Waals surface area contributed by atoms with Crippen molar-refractivity contribution in [2.45, 2.75) is 37.2 Å². The van der Waals surface area contributed by atoms with Crippen LogP contribution in [0.5, 0.6) is 0 Å². The first-order valence-corrected chi connectivity index (χ1v) is 8.46. The lowest BCUT2D eigenvalue weighted by molar-refractivity contribution is -0.00953. The third-order valence-electron chi connectivity index (χ3n) is 5.47. The molecule has 0 saturated heterocycles. The molecule has 0 N–H and O–H groups in total. The van der Waals surface area contributed by atoms with Gasteiger partial charge in [-0.05, 0) is 42.5 Å². The predicted molar refractivity (Wildman–Crippen MR) is 90.8 cm³/mol. The Morgan fingerprint density at radius 2 is 1.76 bits per heavy atom. The average Bonchev–Trinajstić information content (AvgIpc) is 2.68. The number of nitriles is 2. The summed E-state index contributed by atoms with van der Waals surface area (Å²) in [7, 11) is 0. The van der Waals surface area contributed by atoms with E-state index in [1.54, 1.807) is 6.07 Å². The van der Waals surface area contributed by atoms with Crippen LogP contribution < -0.4 is 0 Å². The summed E-state index contributed by atoms with van der Waals surface area (Å²) < 4.78 is 5.82. The SMILES string of the molecule is N#Cc1cc2c(cc1C#N)C1(c3ccccc3)CCCCC1OC2=O. The molecule has 2 aliphatic rings. The third kappa shape index (κ3) is 2.15. The Hall–Kier alpha value is -3.11. The highest BCUT2D eigenvalue weighted by Crippen LogP contribution is 2.50. The number of hydrogen-bond acceptors (Lipinski definition) is 4. The van der Waals surface area contributed by atoms with Gasteiger partial charge in [-0.25, -0.2) is 4.79 Å². The molecule has 2 aromatic rings. The van der Waals surface area contributed by atoms with Gasteiger partial charge in [0.05, 0.1) is 22.1 Å². The van der Waals surface area contributed by atoms with E-state index in [0.29, 0.717) is 11.1 Å². The second-order valence-electron chi connectivity index (χ2n) is 6.64. The van der Waals surface area contributed by atoms with E-state index in [-0.39, 0.29) is 11.7 Å². The zero-order valence-corrected chi connectivity index (χ0v) is 13.7. The van der Waals surface area contributed by atoms with Crippen molar-refractivity contribution in [1.82, 2.24) is 0 Å². The van der Waals surface area contributed by atoms with Gasteiger partial charge in [0.1, 0.15) is 18.2 Å². The number of rotatable bonds is 1. The van der Waals surface area contributed by atoms with Crippen LogP contribution in [0.15, 0.2) is 42.5 Å². The second kappa shape index (κ2) is 5.76. The molecule has 0 amide bonds. The molecule has 4 rings (SSSR count). The smallest absolute Gasteiger partial charge is 0.338 e. The van der Waals surface area contributed by atoms with Crippen molar-refractivity contribution < 1.29 is 9.53 Å². The van der Waals surface area contributed by atoms with Crippen LogP contribution in [-0.4, -0.2) is 12.1 Å². The van der Waals surface area contributed by atoms with Crippen LogP contribution in [0.25, 0.3) is 0 Å². The number of carbonyl (C=O) groups excluding carboxylic acids is 1. The maximum Gasteiger partial charge on any atom is 0.338 e. The van der Waals surface area contributed by atoms with Crippen molar-refractivity contribution in [3.05, 3.63) is 70.3 Å². The van der Waals surface area contributed by atoms with E-state index in [4.69, 9.17) is 4.74 Å². The summed E-state index contributed by atoms with van der Waals surface area (Å²) in [5, 5.41) is 18.7. The van der Waals surface area contributed by atoms with Crippen LogP contribution in [0.4, 0.5) is 0 Å². The highest BCUT2D eigenvalue weighted by molar-refractivity contribution is 5.94. The Kier molecular flexibility index (Phi) is 3.55. The lowest BCUT2D eigenvalue weighted by atomic mass is 9.61. The Bertz CT molecular complexity index is 937. The van der Waals surface area contributed by atoms with E-state index >= 15 is 0 Å². The first-order chi connectivity index (χ1) is 12.2. The van der Waals surface area contributed by atoms with Crippen molar-refractivity contribution in [2.24, 2.45) is 0 Å². The van der Waals surface area contributed by atoms with E-state index in [9.17, 15) is 15.3 Å². The summed E-state index contributed by atoms with van der Waals surface area (Å²) in [4.78, 5) is 12.6. The zero-order valence-electron chi connectivity index (χ0n) is 13.7. The van der Waals surface area contributed by atoms with Crippen LogP contribution in [-0.2, 0) is 10.2 Å². The molecule has 122 valence electrons. The molecule has 0 bridgehead atoms. The number of hydrogen-bond donors (Lipinski definition) is 0. The van der Waals surface area contributed by atoms with Gasteiger partial charge in [-0.2, -0.15) is 10.5 Å². The summed E-state index contributed by atoms with van der Waals surface area (Å²) in [5.74, 6) is -0.394. The average molecular weight is 328 g/mol. The number of esters is 1. The molecule has 2 aromatic carbocycles. The largest absolute Gasteiger partial charge is 0.457 e. The van der Waals surface area contributed by atoms with Crippen molar-refractivity contribution in [1.29, 1.82) is 10.5 Å². The van der Waals surface area contributed by atoms with E-state index in [1.165, 1.54) is 6.07 Å². The van der Waals surface area contributed by atoms with Gasteiger partial charge in [0.2, 0.25) is 0 Å². The van der Waals surface area contributed by atoms with E-state index in [2.05, 4.69) is 18.2 Å². The number of fused-ring (bicyclic) bond motifs is 3. The maximum absolute atomic E-state index is 12.6. The summed E-state index contributed by atoms with van der Waals surface area (Å²) >= 11 is 0. The molecule has 4 heteroatoms. The molecule has 2 atom stereocenters. The fourth-order valence-electron chi connectivity index (χ4n) is 4.35. The molecule has 0 aromatic heterocycles. The first kappa shape index (κ1) is 15.4. The van der Waals surface area contributed by atoms with Gasteiger partial charge in [-0.1, -0.05) is 36.8 Å². The molecule has 1 fully saturated rings. The normalized spacial score (nSPS) is 24.2. The molecule has 0 radical (unpaired) electrons. The van der Waals surface area contributed by atoms with Crippen molar-refractivity contribution in [2.75, 3.05) is 0 Å². The van der Waals surface area contributed by atoms with Gasteiger partial charge in [0.15, 0.2) is 0 Å². The summed E-state index contributed by atoms with van der Waals surface area (Å²) in [6, 6.07) is 17.4. The fraction of sp³-hybridized carbons (Fsp3) is 0.286. The summed E-state index contributed by atoms with van der Waals surface area (Å²) in [5.41, 5.74) is 2.43. The van der Waals surface area contributed by atoms with Gasteiger partial charge >= 0.3 is 5.97 Å². The number of ether oxygens (including phenoxy) is 1. The van der Waals surface area contributed by atoms with Crippen molar-refractivity contribution in [3.63, 3.8) is 0 Å². The molecular weight excluding hydrogens is 312 g/mol. The zero-order chi connectivity index (χ0) is 17.4. The Morgan fingerprint density at radius 1 is 1.04 bits per heavy atom. The highest BCUT2D eigenvalue weighted by atomic mass is 16.5. The van der Waals surface area contributed by atoms with Crippen LogP contribution >= 0.6 is 0 Å². The Balaban J connectivity index is 2.05. The van der Waals surface area contributed by atoms with Crippen LogP contribution in [0, 0.1) is 22.7 Å². The molecule has 1 heterocycles. The van der Waals surface area contributed by atoms with Gasteiger partial charge in [0, 0.05) is 0 Å². The molecule has 1 saturated carbocycles. The highest BCUT2D eigenvalue weighted by Gasteiger charge is 2.51. The minimum Gasteiger partial charge on any atom is -0.457 e. The Morgan fingerprint density at radius 3 is 2.48 bits per heavy atom. The standard InChI is InChI=1S/C21H16N2O2/c22-12-14-10-17-18(11-15(14)13-23)21(16-6-2-1-3-7-16)9-5-4-8-19(21)25-20(17)24/h1-3,6-7,10-11,19H,4-5,8-9H2. The number of carbonyl (C=O) groups is 1. The van der Waals surface area contributed by atoms with Gasteiger partial charge < -0.3 is 4.74 Å².